The largest absolute Gasteiger partial charge is 0.361 e. The first-order valence-electron chi connectivity index (χ1n) is 8.32. The second-order valence-electron chi connectivity index (χ2n) is 6.23. The zero-order valence-electron chi connectivity index (χ0n) is 13.8. The van der Waals surface area contributed by atoms with Crippen LogP contribution in [0.1, 0.15) is 5.56 Å². The molecule has 0 atom stereocenters. The maximum atomic E-state index is 12.6. The van der Waals surface area contributed by atoms with Gasteiger partial charge in [0, 0.05) is 62.2 Å². The summed E-state index contributed by atoms with van der Waals surface area (Å²) in [4.78, 5) is 9.77. The number of fused-ring (bicyclic) bond motifs is 1. The molecular weight excluding hydrogens is 336 g/mol. The van der Waals surface area contributed by atoms with E-state index in [1.807, 2.05) is 18.3 Å². The Kier molecular flexibility index (Phi) is 4.29. The Morgan fingerprint density at radius 2 is 1.84 bits per heavy atom. The van der Waals surface area contributed by atoms with Crippen LogP contribution in [0.2, 0.25) is 0 Å². The average Bonchev–Trinajstić information content (AvgIpc) is 3.06. The zero-order valence-corrected chi connectivity index (χ0v) is 14.6. The van der Waals surface area contributed by atoms with Gasteiger partial charge in [-0.25, -0.2) is 8.42 Å². The summed E-state index contributed by atoms with van der Waals surface area (Å²) in [5.74, 6) is 0. The van der Waals surface area contributed by atoms with E-state index in [0.717, 1.165) is 25.2 Å². The van der Waals surface area contributed by atoms with E-state index in [9.17, 15) is 8.42 Å². The number of hydrogen-bond donors (Lipinski definition) is 1. The number of nitrogens with zero attached hydrogens (tertiary/aromatic N) is 3. The van der Waals surface area contributed by atoms with E-state index in [1.165, 1.54) is 17.1 Å². The number of nitrogens with one attached hydrogen (secondary N) is 1. The van der Waals surface area contributed by atoms with Crippen LogP contribution in [0.15, 0.2) is 59.9 Å². The van der Waals surface area contributed by atoms with Crippen molar-refractivity contribution in [2.45, 2.75) is 11.4 Å². The summed E-state index contributed by atoms with van der Waals surface area (Å²) in [7, 11) is -3.44. The third-order valence-electron chi connectivity index (χ3n) is 4.67. The highest BCUT2D eigenvalue weighted by Gasteiger charge is 2.28. The maximum absolute atomic E-state index is 12.6. The number of pyridine rings is 1. The molecule has 1 aromatic carbocycles. The molecule has 25 heavy (non-hydrogen) atoms. The predicted molar refractivity (Wildman–Crippen MR) is 96.6 cm³/mol. The van der Waals surface area contributed by atoms with Gasteiger partial charge in [-0.2, -0.15) is 4.31 Å². The Labute approximate surface area is 147 Å². The topological polar surface area (TPSA) is 69.3 Å². The highest BCUT2D eigenvalue weighted by atomic mass is 32.2. The first kappa shape index (κ1) is 16.3. The molecule has 130 valence electrons. The molecule has 0 amide bonds. The van der Waals surface area contributed by atoms with Crippen molar-refractivity contribution in [3.63, 3.8) is 0 Å². The van der Waals surface area contributed by atoms with E-state index < -0.39 is 10.0 Å². The fraction of sp³-hybridized carbons (Fsp3) is 0.278. The number of H-pyrrole nitrogens is 1. The van der Waals surface area contributed by atoms with E-state index in [0.29, 0.717) is 13.1 Å². The van der Waals surface area contributed by atoms with E-state index in [-0.39, 0.29) is 4.90 Å². The Morgan fingerprint density at radius 1 is 1.04 bits per heavy atom. The number of rotatable bonds is 4. The van der Waals surface area contributed by atoms with Gasteiger partial charge in [0.25, 0.3) is 0 Å². The van der Waals surface area contributed by atoms with Gasteiger partial charge in [0.1, 0.15) is 4.90 Å². The number of hydrogen-bond acceptors (Lipinski definition) is 4. The molecule has 7 heteroatoms. The van der Waals surface area contributed by atoms with Gasteiger partial charge in [0.05, 0.1) is 0 Å². The van der Waals surface area contributed by atoms with Crippen molar-refractivity contribution in [2.75, 3.05) is 26.2 Å². The van der Waals surface area contributed by atoms with Gasteiger partial charge >= 0.3 is 0 Å². The minimum atomic E-state index is -3.44. The molecule has 3 heterocycles. The SMILES string of the molecule is O=S(=O)(c1cccnc1)N1CCN(Cc2c[nH]c3ccccc23)CC1. The number of benzene rings is 1. The van der Waals surface area contributed by atoms with Gasteiger partial charge < -0.3 is 4.98 Å². The minimum absolute atomic E-state index is 0.264. The van der Waals surface area contributed by atoms with Crippen molar-refractivity contribution in [1.82, 2.24) is 19.2 Å². The molecule has 0 unspecified atom stereocenters. The number of para-hydroxylation sites is 1. The first-order valence-corrected chi connectivity index (χ1v) is 9.76. The monoisotopic (exact) mass is 356 g/mol. The fourth-order valence-corrected chi connectivity index (χ4v) is 4.67. The molecular formula is C18H20N4O2S. The van der Waals surface area contributed by atoms with Crippen LogP contribution >= 0.6 is 0 Å². The highest BCUT2D eigenvalue weighted by molar-refractivity contribution is 7.89. The van der Waals surface area contributed by atoms with Crippen LogP contribution in [-0.2, 0) is 16.6 Å². The number of aromatic amines is 1. The van der Waals surface area contributed by atoms with Crippen LogP contribution in [-0.4, -0.2) is 53.8 Å². The van der Waals surface area contributed by atoms with Crippen LogP contribution in [0, 0.1) is 0 Å². The van der Waals surface area contributed by atoms with Gasteiger partial charge in [-0.3, -0.25) is 9.88 Å². The molecule has 0 aliphatic carbocycles. The Hall–Kier alpha value is -2.22. The fourth-order valence-electron chi connectivity index (χ4n) is 3.28. The lowest BCUT2D eigenvalue weighted by Crippen LogP contribution is -2.48. The lowest BCUT2D eigenvalue weighted by molar-refractivity contribution is 0.182. The van der Waals surface area contributed by atoms with Crippen LogP contribution in [0.4, 0.5) is 0 Å². The molecule has 1 aliphatic heterocycles. The Balaban J connectivity index is 1.43. The summed E-state index contributed by atoms with van der Waals surface area (Å²) in [5, 5.41) is 1.23. The van der Waals surface area contributed by atoms with Gasteiger partial charge in [0.15, 0.2) is 0 Å². The molecule has 0 bridgehead atoms. The lowest BCUT2D eigenvalue weighted by Gasteiger charge is -2.33. The molecule has 0 radical (unpaired) electrons. The summed E-state index contributed by atoms with van der Waals surface area (Å²) in [6.07, 6.45) is 5.04. The molecule has 1 saturated heterocycles. The summed E-state index contributed by atoms with van der Waals surface area (Å²) >= 11 is 0. The second kappa shape index (κ2) is 6.59. The molecule has 2 aromatic heterocycles. The predicted octanol–water partition coefficient (Wildman–Crippen LogP) is 2.07. The lowest BCUT2D eigenvalue weighted by atomic mass is 10.1. The molecule has 0 spiro atoms. The third kappa shape index (κ3) is 3.18. The van der Waals surface area contributed by atoms with Gasteiger partial charge in [0.2, 0.25) is 10.0 Å². The number of sulfonamides is 1. The standard InChI is InChI=1S/C18H20N4O2S/c23-25(24,16-4-3-7-19-13-16)22-10-8-21(9-11-22)14-15-12-20-18-6-2-1-5-17(15)18/h1-7,12-13,20H,8-11,14H2. The van der Waals surface area contributed by atoms with E-state index in [4.69, 9.17) is 0 Å². The first-order chi connectivity index (χ1) is 12.1. The molecule has 1 fully saturated rings. The summed E-state index contributed by atoms with van der Waals surface area (Å²) in [5.41, 5.74) is 2.38. The van der Waals surface area contributed by atoms with Gasteiger partial charge in [-0.15, -0.1) is 0 Å². The van der Waals surface area contributed by atoms with Crippen molar-refractivity contribution in [3.05, 3.63) is 60.6 Å². The van der Waals surface area contributed by atoms with Crippen molar-refractivity contribution < 1.29 is 8.42 Å². The number of aromatic nitrogens is 2. The summed E-state index contributed by atoms with van der Waals surface area (Å²) in [6, 6.07) is 11.5. The molecule has 0 saturated carbocycles. The van der Waals surface area contributed by atoms with E-state index in [2.05, 4.69) is 27.0 Å². The molecule has 4 rings (SSSR count). The summed E-state index contributed by atoms with van der Waals surface area (Å²) < 4.78 is 26.8. The van der Waals surface area contributed by atoms with Crippen LogP contribution in [0.3, 0.4) is 0 Å². The van der Waals surface area contributed by atoms with Crippen LogP contribution < -0.4 is 0 Å². The van der Waals surface area contributed by atoms with Crippen LogP contribution in [0.25, 0.3) is 10.9 Å². The van der Waals surface area contributed by atoms with E-state index >= 15 is 0 Å². The van der Waals surface area contributed by atoms with E-state index in [1.54, 1.807) is 22.6 Å². The third-order valence-corrected chi connectivity index (χ3v) is 6.55. The minimum Gasteiger partial charge on any atom is -0.361 e. The molecule has 6 nitrogen and oxygen atoms in total. The van der Waals surface area contributed by atoms with Crippen molar-refractivity contribution in [2.24, 2.45) is 0 Å². The molecule has 1 N–H and O–H groups in total. The number of piperazine rings is 1. The van der Waals surface area contributed by atoms with Gasteiger partial charge in [-0.05, 0) is 23.8 Å². The average molecular weight is 356 g/mol. The maximum Gasteiger partial charge on any atom is 0.244 e. The summed E-state index contributed by atoms with van der Waals surface area (Å²) in [6.45, 7) is 3.27. The Bertz CT molecular complexity index is 961. The normalized spacial score (nSPS) is 17.1. The van der Waals surface area contributed by atoms with Crippen molar-refractivity contribution in [1.29, 1.82) is 0 Å². The molecule has 3 aromatic rings. The molecule has 1 aliphatic rings. The Morgan fingerprint density at radius 3 is 2.60 bits per heavy atom. The highest BCUT2D eigenvalue weighted by Crippen LogP contribution is 2.21. The smallest absolute Gasteiger partial charge is 0.244 e. The van der Waals surface area contributed by atoms with Crippen LogP contribution in [0.5, 0.6) is 0 Å². The van der Waals surface area contributed by atoms with Crippen molar-refractivity contribution in [3.8, 4) is 0 Å². The quantitative estimate of drug-likeness (QED) is 0.777. The van der Waals surface area contributed by atoms with Gasteiger partial charge in [-0.1, -0.05) is 18.2 Å². The second-order valence-corrected chi connectivity index (χ2v) is 8.17. The van der Waals surface area contributed by atoms with Crippen molar-refractivity contribution >= 4 is 20.9 Å². The zero-order chi connectivity index (χ0) is 17.3.